The van der Waals surface area contributed by atoms with Crippen LogP contribution in [0.1, 0.15) is 29.8 Å². The lowest BCUT2D eigenvalue weighted by Crippen LogP contribution is -2.29. The fraction of sp³-hybridized carbons (Fsp3) is 0.417. The summed E-state index contributed by atoms with van der Waals surface area (Å²) in [5.41, 5.74) is 0. The van der Waals surface area contributed by atoms with Crippen LogP contribution in [0.4, 0.5) is 0 Å². The smallest absolute Gasteiger partial charge is 0.371 e. The molecule has 1 aliphatic carbocycles. The molecule has 0 fully saturated rings. The Morgan fingerprint density at radius 1 is 1.50 bits per heavy atom. The van der Waals surface area contributed by atoms with Gasteiger partial charge in [0.2, 0.25) is 15.8 Å². The summed E-state index contributed by atoms with van der Waals surface area (Å²) < 4.78 is 31.5. The van der Waals surface area contributed by atoms with Crippen LogP contribution in [0.15, 0.2) is 32.2 Å². The number of carboxylic acids is 1. The summed E-state index contributed by atoms with van der Waals surface area (Å²) in [7, 11) is -3.78. The SMILES string of the molecule is O=C(O)c1cc(S(=O)(=O)NC[C@@H]2CC=CCC2)c(Br)o1. The summed E-state index contributed by atoms with van der Waals surface area (Å²) in [4.78, 5) is 10.6. The Bertz CT molecular complexity index is 634. The second kappa shape index (κ2) is 6.11. The molecule has 0 spiro atoms. The number of carbonyl (C=O) groups is 1. The zero-order valence-corrected chi connectivity index (χ0v) is 12.9. The standard InChI is InChI=1S/C12H14BrNO5S/c13-11-10(6-9(19-11)12(15)16)20(17,18)14-7-8-4-2-1-3-5-8/h1-2,6,8,14H,3-5,7H2,(H,15,16)/t8-/m1/s1. The number of nitrogens with one attached hydrogen (secondary N) is 1. The molecule has 1 atom stereocenters. The highest BCUT2D eigenvalue weighted by atomic mass is 79.9. The van der Waals surface area contributed by atoms with E-state index in [-0.39, 0.29) is 15.5 Å². The summed E-state index contributed by atoms with van der Waals surface area (Å²) >= 11 is 2.93. The molecule has 0 aliphatic heterocycles. The molecule has 0 amide bonds. The van der Waals surface area contributed by atoms with Crippen molar-refractivity contribution in [2.24, 2.45) is 5.92 Å². The number of carboxylic acid groups (broad SMARTS) is 1. The van der Waals surface area contributed by atoms with E-state index in [1.807, 2.05) is 6.08 Å². The molecule has 6 nitrogen and oxygen atoms in total. The summed E-state index contributed by atoms with van der Waals surface area (Å²) in [6, 6.07) is 0.996. The van der Waals surface area contributed by atoms with E-state index in [1.54, 1.807) is 0 Å². The summed E-state index contributed by atoms with van der Waals surface area (Å²) in [6.07, 6.45) is 6.85. The lowest BCUT2D eigenvalue weighted by molar-refractivity contribution is 0.0661. The van der Waals surface area contributed by atoms with Crippen LogP contribution in [0.25, 0.3) is 0 Å². The largest absolute Gasteiger partial charge is 0.475 e. The fourth-order valence-electron chi connectivity index (χ4n) is 1.99. The van der Waals surface area contributed by atoms with Crippen molar-refractivity contribution in [1.82, 2.24) is 4.72 Å². The van der Waals surface area contributed by atoms with Gasteiger partial charge >= 0.3 is 5.97 Å². The number of furan rings is 1. The average Bonchev–Trinajstić information content (AvgIpc) is 2.81. The van der Waals surface area contributed by atoms with Crippen LogP contribution in [0.3, 0.4) is 0 Å². The Balaban J connectivity index is 2.09. The number of rotatable bonds is 5. The molecule has 2 rings (SSSR count). The third kappa shape index (κ3) is 3.50. The lowest BCUT2D eigenvalue weighted by Gasteiger charge is -2.17. The van der Waals surface area contributed by atoms with Gasteiger partial charge in [0.15, 0.2) is 4.67 Å². The zero-order valence-electron chi connectivity index (χ0n) is 10.5. The Morgan fingerprint density at radius 2 is 2.25 bits per heavy atom. The van der Waals surface area contributed by atoms with Crippen molar-refractivity contribution in [3.63, 3.8) is 0 Å². The number of aromatic carboxylic acids is 1. The molecule has 0 saturated heterocycles. The van der Waals surface area contributed by atoms with Gasteiger partial charge < -0.3 is 9.52 Å². The van der Waals surface area contributed by atoms with E-state index in [4.69, 9.17) is 9.52 Å². The summed E-state index contributed by atoms with van der Waals surface area (Å²) in [6.45, 7) is 0.326. The van der Waals surface area contributed by atoms with Crippen molar-refractivity contribution < 1.29 is 22.7 Å². The molecule has 0 saturated carbocycles. The van der Waals surface area contributed by atoms with E-state index < -0.39 is 21.8 Å². The van der Waals surface area contributed by atoms with Crippen LogP contribution in [0.5, 0.6) is 0 Å². The van der Waals surface area contributed by atoms with Gasteiger partial charge in [0, 0.05) is 12.6 Å². The van der Waals surface area contributed by atoms with Crippen molar-refractivity contribution in [2.75, 3.05) is 6.54 Å². The lowest BCUT2D eigenvalue weighted by atomic mass is 9.95. The van der Waals surface area contributed by atoms with E-state index >= 15 is 0 Å². The van der Waals surface area contributed by atoms with Gasteiger partial charge in [-0.25, -0.2) is 17.9 Å². The van der Waals surface area contributed by atoms with Crippen molar-refractivity contribution in [1.29, 1.82) is 0 Å². The first-order valence-electron chi connectivity index (χ1n) is 6.07. The van der Waals surface area contributed by atoms with E-state index in [2.05, 4.69) is 26.7 Å². The Hall–Kier alpha value is -1.12. The number of allylic oxidation sites excluding steroid dienone is 2. The van der Waals surface area contributed by atoms with Crippen LogP contribution < -0.4 is 4.72 Å². The highest BCUT2D eigenvalue weighted by molar-refractivity contribution is 9.10. The van der Waals surface area contributed by atoms with Gasteiger partial charge in [0.25, 0.3) is 0 Å². The molecule has 1 aromatic rings. The maximum atomic E-state index is 12.1. The fourth-order valence-corrected chi connectivity index (χ4v) is 4.04. The molecule has 0 bridgehead atoms. The molecule has 8 heteroatoms. The average molecular weight is 364 g/mol. The van der Waals surface area contributed by atoms with Gasteiger partial charge in [-0.15, -0.1) is 0 Å². The van der Waals surface area contributed by atoms with Gasteiger partial charge in [-0.3, -0.25) is 0 Å². The molecule has 110 valence electrons. The zero-order chi connectivity index (χ0) is 14.8. The Morgan fingerprint density at radius 3 is 2.80 bits per heavy atom. The molecular weight excluding hydrogens is 350 g/mol. The third-order valence-electron chi connectivity index (χ3n) is 3.10. The predicted octanol–water partition coefficient (Wildman–Crippen LogP) is 2.37. The maximum absolute atomic E-state index is 12.1. The van der Waals surface area contributed by atoms with E-state index in [1.165, 1.54) is 0 Å². The van der Waals surface area contributed by atoms with Gasteiger partial charge in [-0.2, -0.15) is 0 Å². The minimum atomic E-state index is -3.78. The number of sulfonamides is 1. The second-order valence-corrected chi connectivity index (χ2v) is 7.01. The van der Waals surface area contributed by atoms with Gasteiger partial charge in [0.1, 0.15) is 4.90 Å². The molecule has 0 aromatic carbocycles. The predicted molar refractivity (Wildman–Crippen MR) is 75.0 cm³/mol. The van der Waals surface area contributed by atoms with E-state index in [0.717, 1.165) is 25.3 Å². The first-order valence-corrected chi connectivity index (χ1v) is 8.35. The quantitative estimate of drug-likeness (QED) is 0.782. The van der Waals surface area contributed by atoms with Crippen LogP contribution in [-0.4, -0.2) is 26.0 Å². The van der Waals surface area contributed by atoms with E-state index in [0.29, 0.717) is 6.54 Å². The molecule has 0 radical (unpaired) electrons. The normalized spacial score (nSPS) is 19.1. The van der Waals surface area contributed by atoms with E-state index in [9.17, 15) is 13.2 Å². The van der Waals surface area contributed by atoms with Crippen molar-refractivity contribution in [3.05, 3.63) is 28.6 Å². The Kier molecular flexibility index (Phi) is 4.66. The molecule has 1 aromatic heterocycles. The van der Waals surface area contributed by atoms with Crippen LogP contribution >= 0.6 is 15.9 Å². The number of hydrogen-bond acceptors (Lipinski definition) is 4. The minimum absolute atomic E-state index is 0.106. The number of hydrogen-bond donors (Lipinski definition) is 2. The molecule has 1 aliphatic rings. The molecule has 1 heterocycles. The Labute approximate surface area is 125 Å². The topological polar surface area (TPSA) is 96.6 Å². The minimum Gasteiger partial charge on any atom is -0.475 e. The van der Waals surface area contributed by atoms with Crippen molar-refractivity contribution in [2.45, 2.75) is 24.2 Å². The molecule has 20 heavy (non-hydrogen) atoms. The third-order valence-corrected chi connectivity index (χ3v) is 5.38. The molecule has 0 unspecified atom stereocenters. The van der Waals surface area contributed by atoms with Gasteiger partial charge in [0.05, 0.1) is 0 Å². The van der Waals surface area contributed by atoms with Crippen molar-refractivity contribution >= 4 is 31.9 Å². The van der Waals surface area contributed by atoms with Crippen molar-refractivity contribution in [3.8, 4) is 0 Å². The summed E-state index contributed by atoms with van der Waals surface area (Å²) in [5, 5.41) is 8.78. The summed E-state index contributed by atoms with van der Waals surface area (Å²) in [5.74, 6) is -1.47. The first-order chi connectivity index (χ1) is 9.40. The van der Waals surface area contributed by atoms with Gasteiger partial charge in [-0.1, -0.05) is 12.2 Å². The first kappa shape index (κ1) is 15.3. The van der Waals surface area contributed by atoms with Crippen LogP contribution in [0, 0.1) is 5.92 Å². The maximum Gasteiger partial charge on any atom is 0.371 e. The monoisotopic (exact) mass is 363 g/mol. The second-order valence-electron chi connectivity index (χ2n) is 4.56. The van der Waals surface area contributed by atoms with Crippen LogP contribution in [0.2, 0.25) is 0 Å². The van der Waals surface area contributed by atoms with Crippen LogP contribution in [-0.2, 0) is 10.0 Å². The van der Waals surface area contributed by atoms with Gasteiger partial charge in [-0.05, 0) is 41.1 Å². The molecular formula is C12H14BrNO5S. The number of halogens is 1. The molecule has 2 N–H and O–H groups in total. The highest BCUT2D eigenvalue weighted by Crippen LogP contribution is 2.26. The highest BCUT2D eigenvalue weighted by Gasteiger charge is 2.25.